The van der Waals surface area contributed by atoms with Crippen molar-refractivity contribution in [2.24, 2.45) is 0 Å². The molecule has 160 valence electrons. The number of nitrogens with one attached hydrogen (secondary N) is 1. The Balaban J connectivity index is 1.30. The van der Waals surface area contributed by atoms with Gasteiger partial charge in [0.05, 0.1) is 23.3 Å². The van der Waals surface area contributed by atoms with Gasteiger partial charge in [0.15, 0.2) is 0 Å². The number of nitrogens with zero attached hydrogens (tertiary/aromatic N) is 5. The summed E-state index contributed by atoms with van der Waals surface area (Å²) >= 11 is 1.61. The summed E-state index contributed by atoms with van der Waals surface area (Å²) in [5.41, 5.74) is 0.476. The number of para-hydroxylation sites is 2. The molecule has 1 aromatic carbocycles. The number of rotatable bonds is 3. The van der Waals surface area contributed by atoms with E-state index in [1.54, 1.807) is 36.4 Å². The fourth-order valence-corrected chi connectivity index (χ4v) is 5.03. The monoisotopic (exact) mass is 436 g/mol. The van der Waals surface area contributed by atoms with Gasteiger partial charge in [-0.3, -0.25) is 19.4 Å². The molecule has 1 saturated heterocycles. The highest BCUT2D eigenvalue weighted by molar-refractivity contribution is 7.16. The molecule has 2 amide bonds. The minimum atomic E-state index is -0.946. The van der Waals surface area contributed by atoms with Gasteiger partial charge in [0.2, 0.25) is 11.8 Å². The normalized spacial score (nSPS) is 18.7. The SMILES string of the molecule is CC1(C)C(=O)Nc2ccccc2N1C(=O)CN1CCN(c2ncnc3sccc23)CC1. The van der Waals surface area contributed by atoms with Crippen molar-refractivity contribution in [2.45, 2.75) is 19.4 Å². The molecule has 1 fully saturated rings. The highest BCUT2D eigenvalue weighted by Crippen LogP contribution is 2.36. The fraction of sp³-hybridized carbons (Fsp3) is 0.364. The molecule has 0 unspecified atom stereocenters. The van der Waals surface area contributed by atoms with Crippen LogP contribution in [-0.2, 0) is 9.59 Å². The zero-order valence-electron chi connectivity index (χ0n) is 17.5. The molecule has 31 heavy (non-hydrogen) atoms. The molecule has 9 heteroatoms. The summed E-state index contributed by atoms with van der Waals surface area (Å²) in [5, 5.41) is 6.02. The Morgan fingerprint density at radius 3 is 2.71 bits per heavy atom. The van der Waals surface area contributed by atoms with Crippen LogP contribution < -0.4 is 15.1 Å². The van der Waals surface area contributed by atoms with Gasteiger partial charge in [-0.25, -0.2) is 9.97 Å². The van der Waals surface area contributed by atoms with Crippen molar-refractivity contribution < 1.29 is 9.59 Å². The fourth-order valence-electron chi connectivity index (χ4n) is 4.31. The highest BCUT2D eigenvalue weighted by Gasteiger charge is 2.43. The summed E-state index contributed by atoms with van der Waals surface area (Å²) in [4.78, 5) is 41.9. The molecule has 0 atom stereocenters. The van der Waals surface area contributed by atoms with E-state index >= 15 is 0 Å². The minimum absolute atomic E-state index is 0.0667. The number of fused-ring (bicyclic) bond motifs is 2. The Kier molecular flexibility index (Phi) is 4.86. The number of amides is 2. The van der Waals surface area contributed by atoms with E-state index in [1.807, 2.05) is 29.6 Å². The summed E-state index contributed by atoms with van der Waals surface area (Å²) in [6.07, 6.45) is 1.62. The third kappa shape index (κ3) is 3.43. The van der Waals surface area contributed by atoms with E-state index in [0.29, 0.717) is 5.69 Å². The van der Waals surface area contributed by atoms with Crippen LogP contribution in [0.5, 0.6) is 0 Å². The largest absolute Gasteiger partial charge is 0.353 e. The first-order valence-corrected chi connectivity index (χ1v) is 11.2. The standard InChI is InChI=1S/C22H24N6O2S/c1-22(2)21(30)25-16-5-3-4-6-17(16)28(22)18(29)13-26-8-10-27(11-9-26)19-15-7-12-31-20(15)24-14-23-19/h3-7,12,14H,8-11,13H2,1-2H3,(H,25,30). The molecule has 0 saturated carbocycles. The van der Waals surface area contributed by atoms with E-state index in [2.05, 4.69) is 31.2 Å². The molecule has 4 heterocycles. The minimum Gasteiger partial charge on any atom is -0.353 e. The molecule has 2 aliphatic heterocycles. The lowest BCUT2D eigenvalue weighted by atomic mass is 9.96. The molecular weight excluding hydrogens is 412 g/mol. The van der Waals surface area contributed by atoms with Crippen LogP contribution in [0.1, 0.15) is 13.8 Å². The summed E-state index contributed by atoms with van der Waals surface area (Å²) in [6, 6.07) is 9.52. The molecule has 0 bridgehead atoms. The summed E-state index contributed by atoms with van der Waals surface area (Å²) in [7, 11) is 0. The number of hydrogen-bond acceptors (Lipinski definition) is 7. The van der Waals surface area contributed by atoms with Gasteiger partial charge in [-0.2, -0.15) is 0 Å². The van der Waals surface area contributed by atoms with E-state index in [-0.39, 0.29) is 18.4 Å². The van der Waals surface area contributed by atoms with Gasteiger partial charge in [0.1, 0.15) is 22.5 Å². The van der Waals surface area contributed by atoms with Crippen molar-refractivity contribution in [1.82, 2.24) is 14.9 Å². The van der Waals surface area contributed by atoms with E-state index in [4.69, 9.17) is 0 Å². The lowest BCUT2D eigenvalue weighted by Crippen LogP contribution is -2.61. The third-order valence-corrected chi connectivity index (χ3v) is 6.85. The number of aromatic nitrogens is 2. The van der Waals surface area contributed by atoms with Gasteiger partial charge in [-0.1, -0.05) is 12.1 Å². The Hall–Kier alpha value is -3.04. The van der Waals surface area contributed by atoms with Crippen LogP contribution in [0.3, 0.4) is 0 Å². The van der Waals surface area contributed by atoms with Gasteiger partial charge in [-0.05, 0) is 37.4 Å². The van der Waals surface area contributed by atoms with E-state index in [1.165, 1.54) is 0 Å². The Morgan fingerprint density at radius 1 is 1.13 bits per heavy atom. The first-order chi connectivity index (χ1) is 14.9. The Bertz CT molecular complexity index is 1150. The number of thiophene rings is 1. The second-order valence-corrected chi connectivity index (χ2v) is 9.25. The smallest absolute Gasteiger partial charge is 0.250 e. The van der Waals surface area contributed by atoms with Crippen LogP contribution in [0.2, 0.25) is 0 Å². The van der Waals surface area contributed by atoms with E-state index in [9.17, 15) is 9.59 Å². The lowest BCUT2D eigenvalue weighted by molar-refractivity contribution is -0.127. The van der Waals surface area contributed by atoms with Crippen LogP contribution in [0.25, 0.3) is 10.2 Å². The second-order valence-electron chi connectivity index (χ2n) is 8.36. The van der Waals surface area contributed by atoms with Crippen LogP contribution in [-0.4, -0.2) is 64.9 Å². The molecule has 1 N–H and O–H groups in total. The molecule has 2 aliphatic rings. The third-order valence-electron chi connectivity index (χ3n) is 6.03. The number of hydrogen-bond donors (Lipinski definition) is 1. The maximum Gasteiger partial charge on any atom is 0.250 e. The number of anilines is 3. The van der Waals surface area contributed by atoms with E-state index < -0.39 is 5.54 Å². The lowest BCUT2D eigenvalue weighted by Gasteiger charge is -2.43. The van der Waals surface area contributed by atoms with Crippen LogP contribution in [0.15, 0.2) is 42.0 Å². The predicted octanol–water partition coefficient (Wildman–Crippen LogP) is 2.58. The molecule has 0 radical (unpaired) electrons. The molecule has 0 aliphatic carbocycles. The number of piperazine rings is 1. The average Bonchev–Trinajstić information content (AvgIpc) is 3.24. The van der Waals surface area contributed by atoms with Crippen LogP contribution in [0.4, 0.5) is 17.2 Å². The molecule has 3 aromatic rings. The van der Waals surface area contributed by atoms with Crippen LogP contribution in [0, 0.1) is 0 Å². The van der Waals surface area contributed by atoms with Gasteiger partial charge in [0.25, 0.3) is 0 Å². The van der Waals surface area contributed by atoms with Gasteiger partial charge >= 0.3 is 0 Å². The van der Waals surface area contributed by atoms with Crippen LogP contribution >= 0.6 is 11.3 Å². The van der Waals surface area contributed by atoms with Gasteiger partial charge in [-0.15, -0.1) is 11.3 Å². The van der Waals surface area contributed by atoms with Crippen molar-refractivity contribution in [3.8, 4) is 0 Å². The van der Waals surface area contributed by atoms with Crippen molar-refractivity contribution in [2.75, 3.05) is 47.8 Å². The zero-order chi connectivity index (χ0) is 21.6. The van der Waals surface area contributed by atoms with Crippen molar-refractivity contribution >= 4 is 50.6 Å². The van der Waals surface area contributed by atoms with Crippen molar-refractivity contribution in [1.29, 1.82) is 0 Å². The molecule has 0 spiro atoms. The van der Waals surface area contributed by atoms with E-state index in [0.717, 1.165) is 47.9 Å². The quantitative estimate of drug-likeness (QED) is 0.680. The first-order valence-electron chi connectivity index (χ1n) is 10.3. The molecular formula is C22H24N6O2S. The van der Waals surface area contributed by atoms with Gasteiger partial charge in [0, 0.05) is 26.2 Å². The first kappa shape index (κ1) is 19.9. The number of carbonyl (C=O) groups is 2. The second kappa shape index (κ2) is 7.58. The maximum absolute atomic E-state index is 13.4. The Labute approximate surface area is 184 Å². The predicted molar refractivity (Wildman–Crippen MR) is 123 cm³/mol. The highest BCUT2D eigenvalue weighted by atomic mass is 32.1. The Morgan fingerprint density at radius 2 is 1.90 bits per heavy atom. The summed E-state index contributed by atoms with van der Waals surface area (Å²) in [6.45, 7) is 6.93. The van der Waals surface area contributed by atoms with Gasteiger partial charge < -0.3 is 10.2 Å². The van der Waals surface area contributed by atoms with Crippen molar-refractivity contribution in [3.63, 3.8) is 0 Å². The molecule has 8 nitrogen and oxygen atoms in total. The summed E-state index contributed by atoms with van der Waals surface area (Å²) < 4.78 is 0. The molecule has 5 rings (SSSR count). The van der Waals surface area contributed by atoms with Crippen molar-refractivity contribution in [3.05, 3.63) is 42.0 Å². The molecule has 2 aromatic heterocycles. The zero-order valence-corrected chi connectivity index (χ0v) is 18.4. The average molecular weight is 437 g/mol. The topological polar surface area (TPSA) is 81.7 Å². The number of benzene rings is 1. The summed E-state index contributed by atoms with van der Waals surface area (Å²) in [5.74, 6) is 0.718. The number of carbonyl (C=O) groups excluding carboxylic acids is 2. The maximum atomic E-state index is 13.4.